The van der Waals surface area contributed by atoms with Gasteiger partial charge in [-0.3, -0.25) is 4.99 Å². The van der Waals surface area contributed by atoms with E-state index >= 15 is 0 Å². The van der Waals surface area contributed by atoms with Crippen molar-refractivity contribution in [3.63, 3.8) is 0 Å². The molecule has 2 aromatic carbocycles. The number of unbranched alkanes of at least 4 members (excludes halogenated alkanes) is 8. The molecule has 2 rings (SSSR count). The van der Waals surface area contributed by atoms with Crippen LogP contribution in [0.4, 0.5) is 11.4 Å². The lowest BCUT2D eigenvalue weighted by Gasteiger charge is -2.07. The molecule has 0 amide bonds. The number of rotatable bonds is 13. The summed E-state index contributed by atoms with van der Waals surface area (Å²) >= 11 is 0. The first-order valence-corrected chi connectivity index (χ1v) is 12.1. The van der Waals surface area contributed by atoms with E-state index in [-0.39, 0.29) is 0 Å². The normalized spacial score (nSPS) is 11.8. The molecular weight excluding hydrogens is 376 g/mol. The summed E-state index contributed by atoms with van der Waals surface area (Å²) in [5, 5.41) is 0. The summed E-state index contributed by atoms with van der Waals surface area (Å²) in [7, 11) is 0. The van der Waals surface area contributed by atoms with Gasteiger partial charge in [-0.2, -0.15) is 0 Å². The van der Waals surface area contributed by atoms with Crippen molar-refractivity contribution in [1.82, 2.24) is 0 Å². The van der Waals surface area contributed by atoms with Crippen LogP contribution in [-0.4, -0.2) is 11.4 Å². The third-order valence-electron chi connectivity index (χ3n) is 5.17. The Hall–Kier alpha value is -2.66. The van der Waals surface area contributed by atoms with Gasteiger partial charge in [0, 0.05) is 6.42 Å². The molecule has 0 N–H and O–H groups in total. The third kappa shape index (κ3) is 10.8. The van der Waals surface area contributed by atoms with Crippen LogP contribution in [0.1, 0.15) is 84.5 Å². The van der Waals surface area contributed by atoms with E-state index in [9.17, 15) is 0 Å². The van der Waals surface area contributed by atoms with Gasteiger partial charge >= 0.3 is 0 Å². The minimum atomic E-state index is 0.820. The predicted molar refractivity (Wildman–Crippen MR) is 137 cm³/mol. The van der Waals surface area contributed by atoms with E-state index in [1.807, 2.05) is 60.7 Å². The van der Waals surface area contributed by atoms with E-state index in [0.29, 0.717) is 0 Å². The van der Waals surface area contributed by atoms with Gasteiger partial charge in [0.2, 0.25) is 0 Å². The fraction of sp³-hybridized carbons (Fsp3) is 0.448. The van der Waals surface area contributed by atoms with Gasteiger partial charge in [-0.05, 0) is 49.4 Å². The zero-order valence-corrected chi connectivity index (χ0v) is 19.4. The highest BCUT2D eigenvalue weighted by Gasteiger charge is 2.08. The van der Waals surface area contributed by atoms with Crippen LogP contribution in [0.3, 0.4) is 0 Å². The molecule has 2 heteroatoms. The number of hydrogen-bond donors (Lipinski definition) is 0. The van der Waals surface area contributed by atoms with Gasteiger partial charge in [0.05, 0.1) is 17.1 Å². The molecule has 0 heterocycles. The first kappa shape index (κ1) is 24.6. The van der Waals surface area contributed by atoms with E-state index in [2.05, 4.69) is 25.7 Å². The molecule has 0 radical (unpaired) electrons. The summed E-state index contributed by atoms with van der Waals surface area (Å²) in [5.41, 5.74) is 3.73. The largest absolute Gasteiger partial charge is 0.251 e. The molecule has 0 bridgehead atoms. The van der Waals surface area contributed by atoms with Gasteiger partial charge in [0.1, 0.15) is 5.71 Å². The van der Waals surface area contributed by atoms with Crippen molar-refractivity contribution in [3.05, 3.63) is 60.7 Å². The summed E-state index contributed by atoms with van der Waals surface area (Å²) in [6.45, 7) is 4.49. The highest BCUT2D eigenvalue weighted by Crippen LogP contribution is 2.17. The van der Waals surface area contributed by atoms with Crippen LogP contribution in [0.2, 0.25) is 0 Å². The summed E-state index contributed by atoms with van der Waals surface area (Å²) in [6, 6.07) is 20.3. The molecule has 164 valence electrons. The summed E-state index contributed by atoms with van der Waals surface area (Å²) < 4.78 is 0. The summed E-state index contributed by atoms with van der Waals surface area (Å²) in [5.74, 6) is 6.78. The molecule has 0 unspecified atom stereocenters. The second-order valence-electron chi connectivity index (χ2n) is 7.97. The van der Waals surface area contributed by atoms with Gasteiger partial charge in [0.15, 0.2) is 0 Å². The quantitative estimate of drug-likeness (QED) is 0.178. The monoisotopic (exact) mass is 414 g/mol. The third-order valence-corrected chi connectivity index (χ3v) is 5.17. The summed E-state index contributed by atoms with van der Waals surface area (Å²) in [6.07, 6.45) is 13.0. The van der Waals surface area contributed by atoms with Crippen LogP contribution >= 0.6 is 0 Å². The maximum Gasteiger partial charge on any atom is 0.135 e. The number of benzene rings is 2. The van der Waals surface area contributed by atoms with Crippen molar-refractivity contribution in [2.24, 2.45) is 9.98 Å². The average molecular weight is 415 g/mol. The fourth-order valence-electron chi connectivity index (χ4n) is 3.36. The van der Waals surface area contributed by atoms with Crippen LogP contribution in [0.15, 0.2) is 70.6 Å². The lowest BCUT2D eigenvalue weighted by atomic mass is 10.1. The van der Waals surface area contributed by atoms with Crippen molar-refractivity contribution in [2.75, 3.05) is 0 Å². The van der Waals surface area contributed by atoms with Gasteiger partial charge in [-0.15, -0.1) is 0 Å². The number of hydrogen-bond acceptors (Lipinski definition) is 2. The molecular formula is C29H38N2. The molecule has 31 heavy (non-hydrogen) atoms. The van der Waals surface area contributed by atoms with Crippen molar-refractivity contribution >= 4 is 22.8 Å². The van der Waals surface area contributed by atoms with E-state index in [0.717, 1.165) is 48.5 Å². The van der Waals surface area contributed by atoms with Crippen LogP contribution in [0.5, 0.6) is 0 Å². The minimum absolute atomic E-state index is 0.820. The van der Waals surface area contributed by atoms with Crippen LogP contribution < -0.4 is 0 Å². The smallest absolute Gasteiger partial charge is 0.135 e. The molecule has 0 aliphatic heterocycles. The lowest BCUT2D eigenvalue weighted by molar-refractivity contribution is 0.641. The van der Waals surface area contributed by atoms with Crippen molar-refractivity contribution < 1.29 is 0 Å². The van der Waals surface area contributed by atoms with Gasteiger partial charge in [-0.25, -0.2) is 4.99 Å². The first-order chi connectivity index (χ1) is 15.3. The standard InChI is InChI=1S/C29H38N2/c1-3-5-7-9-10-11-19-25-29(31-27-22-16-13-17-23-27)28(24-18-8-6-4-2)30-26-20-14-12-15-21-26/h12-17,20-23H,3-11,18,24H2,1-2H3. The molecule has 2 nitrogen and oxygen atoms in total. The Bertz CT molecular complexity index is 839. The van der Waals surface area contributed by atoms with Gasteiger partial charge in [-0.1, -0.05) is 101 Å². The van der Waals surface area contributed by atoms with E-state index < -0.39 is 0 Å². The van der Waals surface area contributed by atoms with Crippen molar-refractivity contribution in [1.29, 1.82) is 0 Å². The zero-order valence-electron chi connectivity index (χ0n) is 19.4. The number of aliphatic imine (C=N–C) groups is 2. The average Bonchev–Trinajstić information content (AvgIpc) is 2.81. The molecule has 0 aromatic heterocycles. The Kier molecular flexibility index (Phi) is 12.8. The van der Waals surface area contributed by atoms with Crippen molar-refractivity contribution in [2.45, 2.75) is 84.5 Å². The Labute approximate surface area is 189 Å². The summed E-state index contributed by atoms with van der Waals surface area (Å²) in [4.78, 5) is 9.89. The van der Waals surface area contributed by atoms with E-state index in [1.165, 1.54) is 44.9 Å². The first-order valence-electron chi connectivity index (χ1n) is 12.1. The maximum absolute atomic E-state index is 4.98. The zero-order chi connectivity index (χ0) is 22.0. The van der Waals surface area contributed by atoms with Crippen LogP contribution in [0.25, 0.3) is 0 Å². The Morgan fingerprint density at radius 3 is 1.81 bits per heavy atom. The van der Waals surface area contributed by atoms with Crippen LogP contribution in [-0.2, 0) is 0 Å². The molecule has 0 fully saturated rings. The maximum atomic E-state index is 4.98. The number of nitrogens with zero attached hydrogens (tertiary/aromatic N) is 2. The molecule has 0 saturated heterocycles. The second-order valence-corrected chi connectivity index (χ2v) is 7.97. The minimum Gasteiger partial charge on any atom is -0.251 e. The lowest BCUT2D eigenvalue weighted by Crippen LogP contribution is -2.12. The molecule has 0 atom stereocenters. The number of para-hydroxylation sites is 2. The molecule has 2 aromatic rings. The molecule has 0 spiro atoms. The second kappa shape index (κ2) is 16.1. The molecule has 0 aliphatic carbocycles. The van der Waals surface area contributed by atoms with Gasteiger partial charge in [0.25, 0.3) is 0 Å². The predicted octanol–water partition coefficient (Wildman–Crippen LogP) is 8.87. The molecule has 0 saturated carbocycles. The topological polar surface area (TPSA) is 24.7 Å². The highest BCUT2D eigenvalue weighted by atomic mass is 14.8. The SMILES string of the molecule is CCCCCCCC#CC(=Nc1ccccc1)C(CCCCCC)=Nc1ccccc1. The fourth-order valence-corrected chi connectivity index (χ4v) is 3.36. The van der Waals surface area contributed by atoms with E-state index in [4.69, 9.17) is 9.98 Å². The van der Waals surface area contributed by atoms with E-state index in [1.54, 1.807) is 0 Å². The Balaban J connectivity index is 2.25. The Morgan fingerprint density at radius 1 is 0.645 bits per heavy atom. The Morgan fingerprint density at radius 2 is 1.19 bits per heavy atom. The molecule has 0 aliphatic rings. The van der Waals surface area contributed by atoms with Gasteiger partial charge < -0.3 is 0 Å². The van der Waals surface area contributed by atoms with Crippen LogP contribution in [0, 0.1) is 11.8 Å². The van der Waals surface area contributed by atoms with Crippen molar-refractivity contribution in [3.8, 4) is 11.8 Å². The highest BCUT2D eigenvalue weighted by molar-refractivity contribution is 6.49.